The minimum atomic E-state index is -0.958. The molecule has 0 spiro atoms. The molecule has 19 heteroatoms. The van der Waals surface area contributed by atoms with E-state index in [2.05, 4.69) is 0 Å². The van der Waals surface area contributed by atoms with Crippen LogP contribution in [-0.2, 0) is 62.1 Å². The lowest BCUT2D eigenvalue weighted by Gasteiger charge is -2.33. The molecule has 70 heavy (non-hydrogen) atoms. The summed E-state index contributed by atoms with van der Waals surface area (Å²) in [6.07, 6.45) is -0.343. The molecule has 6 atom stereocenters. The van der Waals surface area contributed by atoms with Gasteiger partial charge in [0.15, 0.2) is 17.4 Å². The Bertz CT molecular complexity index is 2250. The molecule has 3 aliphatic heterocycles. The monoisotopic (exact) mass is 959 g/mol. The Labute approximate surface area is 415 Å². The summed E-state index contributed by atoms with van der Waals surface area (Å²) in [6, 6.07) is 27.8. The quantitative estimate of drug-likeness (QED) is 0.0954. The number of rotatable bonds is 16. The smallest absolute Gasteiger partial charge is 0.313 e. The van der Waals surface area contributed by atoms with Crippen molar-refractivity contribution < 1.29 is 62.4 Å². The number of hydrogen-bond acceptors (Lipinski definition) is 12. The van der Waals surface area contributed by atoms with Gasteiger partial charge in [0.2, 0.25) is 23.5 Å². The third kappa shape index (κ3) is 15.9. The van der Waals surface area contributed by atoms with Crippen molar-refractivity contribution in [1.29, 1.82) is 0 Å². The van der Waals surface area contributed by atoms with Gasteiger partial charge in [0.05, 0.1) is 62.5 Å². The first-order chi connectivity index (χ1) is 32.9. The lowest BCUT2D eigenvalue weighted by atomic mass is 9.94. The van der Waals surface area contributed by atoms with Crippen LogP contribution in [0.5, 0.6) is 0 Å². The maximum absolute atomic E-state index is 12.3. The SMILES string of the molecule is [B]C(=O)N1[C@@H](Cc2ccccc2)[C@@H](CC(=O)CC(=O)OCC)OC1(C)C.[B]C(=O)N1[C@@H](Cc2ccccc2)[C@@H](CC(=O)O)OC1(C)C.[B]C(=O)N1[C@@H](Cc2ccccc2)[C@@H](CC(=O)OCC)OC1(C)C. The first kappa shape index (κ1) is 56.8. The standard InChI is InChI=1S/C19H24BNO5.C17H22BNO4.C15H18BNO4/c1-4-25-17(23)12-14(22)11-16-15(10-13-8-6-5-7-9-13)21(18(20)24)19(2,3)26-16;1-4-22-15(20)11-14-13(10-12-8-6-5-7-9-12)19(16(18)21)17(2,3)23-14;1-15(2)17(14(16)20)11(12(21-15)9-13(18)19)8-10-6-4-3-5-7-10/h5-9,15-16H,4,10-12H2,1-3H3;5-9,13-14H,4,10-11H2,1-3H3;3-7,11-12H,8-9H2,1-2H3,(H,18,19)/t15-,16+;13-,14+;11-,12+/m000/s1. The van der Waals surface area contributed by atoms with Gasteiger partial charge in [-0.15, -0.1) is 0 Å². The predicted molar refractivity (Wildman–Crippen MR) is 262 cm³/mol. The van der Waals surface area contributed by atoms with Crippen LogP contribution in [0.4, 0.5) is 14.4 Å². The Kier molecular flexibility index (Phi) is 20.6. The molecule has 1 N–H and O–H groups in total. The van der Waals surface area contributed by atoms with Crippen LogP contribution in [-0.4, -0.2) is 151 Å². The highest BCUT2D eigenvalue weighted by Crippen LogP contribution is 2.38. The first-order valence-corrected chi connectivity index (χ1v) is 23.4. The Morgan fingerprint density at radius 2 is 0.800 bits per heavy atom. The van der Waals surface area contributed by atoms with Gasteiger partial charge in [-0.05, 0) is 91.3 Å². The molecule has 3 aromatic carbocycles. The second-order valence-corrected chi connectivity index (χ2v) is 18.5. The number of esters is 2. The second kappa shape index (κ2) is 25.4. The largest absolute Gasteiger partial charge is 0.481 e. The fourth-order valence-corrected chi connectivity index (χ4v) is 9.49. The Morgan fingerprint density at radius 1 is 0.500 bits per heavy atom. The number of ether oxygens (including phenoxy) is 5. The minimum absolute atomic E-state index is 0.0174. The topological polar surface area (TPSA) is 196 Å². The van der Waals surface area contributed by atoms with E-state index in [1.807, 2.05) is 91.0 Å². The van der Waals surface area contributed by atoms with Gasteiger partial charge in [0.1, 0.15) is 29.4 Å². The molecule has 6 rings (SSSR count). The molecule has 3 fully saturated rings. The van der Waals surface area contributed by atoms with Crippen molar-refractivity contribution >= 4 is 64.6 Å². The zero-order chi connectivity index (χ0) is 52.0. The van der Waals surface area contributed by atoms with Crippen molar-refractivity contribution in [3.8, 4) is 0 Å². The van der Waals surface area contributed by atoms with Crippen molar-refractivity contribution in [1.82, 2.24) is 14.7 Å². The molecule has 3 aliphatic rings. The normalized spacial score (nSPS) is 22.7. The molecule has 370 valence electrons. The Balaban J connectivity index is 0.000000230. The van der Waals surface area contributed by atoms with Gasteiger partial charge in [0, 0.05) is 6.42 Å². The third-order valence-corrected chi connectivity index (χ3v) is 12.0. The molecule has 16 nitrogen and oxygen atoms in total. The van der Waals surface area contributed by atoms with Gasteiger partial charge in [-0.2, -0.15) is 0 Å². The summed E-state index contributed by atoms with van der Waals surface area (Å²) in [5.41, 5.74) is 0.366. The van der Waals surface area contributed by atoms with Crippen LogP contribution >= 0.6 is 0 Å². The van der Waals surface area contributed by atoms with Crippen molar-refractivity contribution in [2.75, 3.05) is 13.2 Å². The number of amides is 3. The van der Waals surface area contributed by atoms with Crippen LogP contribution in [0.1, 0.15) is 97.8 Å². The highest BCUT2D eigenvalue weighted by atomic mass is 16.6. The van der Waals surface area contributed by atoms with Gasteiger partial charge >= 0.3 is 17.9 Å². The molecular weight excluding hydrogens is 895 g/mol. The molecule has 0 aliphatic carbocycles. The number of aliphatic carboxylic acids is 1. The number of ketones is 1. The van der Waals surface area contributed by atoms with Crippen LogP contribution in [0.2, 0.25) is 0 Å². The van der Waals surface area contributed by atoms with Crippen LogP contribution < -0.4 is 0 Å². The molecule has 0 bridgehead atoms. The lowest BCUT2D eigenvalue weighted by Crippen LogP contribution is -2.48. The van der Waals surface area contributed by atoms with Crippen LogP contribution in [0.15, 0.2) is 91.0 Å². The van der Waals surface area contributed by atoms with E-state index in [1.54, 1.807) is 55.4 Å². The summed E-state index contributed by atoms with van der Waals surface area (Å²) in [4.78, 5) is 86.8. The molecule has 3 aromatic rings. The molecule has 6 radical (unpaired) electrons. The summed E-state index contributed by atoms with van der Waals surface area (Å²) in [5, 5.41) is 9.04. The van der Waals surface area contributed by atoms with Crippen LogP contribution in [0.25, 0.3) is 0 Å². The molecular formula is C51H64B3N3O13. The summed E-state index contributed by atoms with van der Waals surface area (Å²) in [6.45, 7) is 14.5. The number of carbonyl (C=O) groups excluding carboxylic acids is 6. The molecule has 3 amide bonds. The van der Waals surface area contributed by atoms with Crippen molar-refractivity contribution in [3.63, 3.8) is 0 Å². The van der Waals surface area contributed by atoms with Crippen LogP contribution in [0, 0.1) is 0 Å². The number of hydrogen-bond donors (Lipinski definition) is 1. The third-order valence-electron chi connectivity index (χ3n) is 12.0. The average Bonchev–Trinajstić information content (AvgIpc) is 3.77. The first-order valence-electron chi connectivity index (χ1n) is 23.4. The molecule has 0 unspecified atom stereocenters. The highest BCUT2D eigenvalue weighted by Gasteiger charge is 2.51. The van der Waals surface area contributed by atoms with Gasteiger partial charge < -0.3 is 43.5 Å². The van der Waals surface area contributed by atoms with E-state index in [9.17, 15) is 33.6 Å². The predicted octanol–water partition coefficient (Wildman–Crippen LogP) is 6.31. The number of carbonyl (C=O) groups is 7. The summed E-state index contributed by atoms with van der Waals surface area (Å²) in [5.74, 6) is -3.89. The van der Waals surface area contributed by atoms with E-state index in [-0.39, 0.29) is 50.1 Å². The van der Waals surface area contributed by atoms with E-state index in [0.717, 1.165) is 16.7 Å². The van der Waals surface area contributed by atoms with E-state index < -0.39 is 76.9 Å². The summed E-state index contributed by atoms with van der Waals surface area (Å²) < 4.78 is 27.5. The fourth-order valence-electron chi connectivity index (χ4n) is 9.49. The van der Waals surface area contributed by atoms with E-state index in [0.29, 0.717) is 25.9 Å². The fraction of sp³-hybridized carbons (Fsp3) is 0.510. The zero-order valence-electron chi connectivity index (χ0n) is 41.4. The minimum Gasteiger partial charge on any atom is -0.481 e. The Morgan fingerprint density at radius 3 is 1.10 bits per heavy atom. The van der Waals surface area contributed by atoms with Gasteiger partial charge in [-0.1, -0.05) is 91.0 Å². The van der Waals surface area contributed by atoms with Gasteiger partial charge in [0.25, 0.3) is 0 Å². The van der Waals surface area contributed by atoms with Crippen molar-refractivity contribution in [2.24, 2.45) is 0 Å². The summed E-state index contributed by atoms with van der Waals surface area (Å²) in [7, 11) is 16.6. The molecule has 3 heterocycles. The molecule has 0 aromatic heterocycles. The number of carboxylic acids is 1. The van der Waals surface area contributed by atoms with E-state index in [1.165, 1.54) is 14.7 Å². The lowest BCUT2D eigenvalue weighted by molar-refractivity contribution is -0.148. The number of nitrogens with zero attached hydrogens (tertiary/aromatic N) is 3. The molecule has 0 saturated carbocycles. The number of Topliss-reactive ketones (excluding diaryl/α,β-unsaturated/α-hetero) is 1. The molecule has 3 saturated heterocycles. The van der Waals surface area contributed by atoms with Crippen molar-refractivity contribution in [3.05, 3.63) is 108 Å². The number of benzene rings is 3. The maximum Gasteiger partial charge on any atom is 0.313 e. The second-order valence-electron chi connectivity index (χ2n) is 18.5. The highest BCUT2D eigenvalue weighted by molar-refractivity contribution is 6.57. The maximum atomic E-state index is 12.3. The summed E-state index contributed by atoms with van der Waals surface area (Å²) >= 11 is 0. The van der Waals surface area contributed by atoms with Gasteiger partial charge in [-0.3, -0.25) is 33.6 Å². The zero-order valence-corrected chi connectivity index (χ0v) is 41.4. The average molecular weight is 960 g/mol. The Hall–Kier alpha value is -5.78. The van der Waals surface area contributed by atoms with E-state index in [4.69, 9.17) is 52.3 Å². The van der Waals surface area contributed by atoms with Crippen LogP contribution in [0.3, 0.4) is 0 Å². The van der Waals surface area contributed by atoms with Gasteiger partial charge in [-0.25, -0.2) is 0 Å². The van der Waals surface area contributed by atoms with E-state index >= 15 is 0 Å². The number of carboxylic acid groups (broad SMARTS) is 1. The van der Waals surface area contributed by atoms with Crippen molar-refractivity contribution in [2.45, 2.75) is 154 Å².